The van der Waals surface area contributed by atoms with Crippen LogP contribution in [0.2, 0.25) is 0 Å². The largest absolute Gasteiger partial charge is 0.324 e. The molecular formula is C12H21ClN2O2S2. The summed E-state index contributed by atoms with van der Waals surface area (Å²) in [7, 11) is -3.38. The topological polar surface area (TPSA) is 72.2 Å². The third-order valence-corrected chi connectivity index (χ3v) is 6.27. The fourth-order valence-electron chi connectivity index (χ4n) is 2.34. The maximum absolute atomic E-state index is 12.0. The highest BCUT2D eigenvalue weighted by Crippen LogP contribution is 2.25. The van der Waals surface area contributed by atoms with Crippen molar-refractivity contribution in [1.29, 1.82) is 0 Å². The van der Waals surface area contributed by atoms with Gasteiger partial charge in [-0.05, 0) is 24.3 Å². The Morgan fingerprint density at radius 3 is 2.42 bits per heavy atom. The minimum atomic E-state index is -3.38. The number of sulfonamides is 1. The van der Waals surface area contributed by atoms with E-state index in [1.807, 2.05) is 0 Å². The summed E-state index contributed by atoms with van der Waals surface area (Å²) in [4.78, 5) is 0. The number of nitrogens with one attached hydrogen (secondary N) is 1. The number of hydrogen-bond donors (Lipinski definition) is 2. The summed E-state index contributed by atoms with van der Waals surface area (Å²) in [5.74, 6) is 0. The van der Waals surface area contributed by atoms with Crippen LogP contribution < -0.4 is 10.5 Å². The molecular weight excluding hydrogens is 304 g/mol. The molecule has 7 heteroatoms. The molecule has 1 saturated carbocycles. The van der Waals surface area contributed by atoms with Gasteiger partial charge in [-0.2, -0.15) is 0 Å². The predicted octanol–water partition coefficient (Wildman–Crippen LogP) is 2.50. The Labute approximate surface area is 125 Å². The highest BCUT2D eigenvalue weighted by molar-refractivity contribution is 7.91. The van der Waals surface area contributed by atoms with Crippen LogP contribution in [0.5, 0.6) is 0 Å². The third-order valence-electron chi connectivity index (χ3n) is 3.47. The average Bonchev–Trinajstić information content (AvgIpc) is 2.79. The molecule has 4 nitrogen and oxygen atoms in total. The predicted molar refractivity (Wildman–Crippen MR) is 81.4 cm³/mol. The summed E-state index contributed by atoms with van der Waals surface area (Å²) in [6, 6.07) is 3.35. The second kappa shape index (κ2) is 7.04. The van der Waals surface area contributed by atoms with E-state index in [0.29, 0.717) is 10.8 Å². The number of thiophene rings is 1. The molecule has 0 unspecified atom stereocenters. The van der Waals surface area contributed by atoms with Gasteiger partial charge in [-0.3, -0.25) is 0 Å². The Kier molecular flexibility index (Phi) is 6.26. The molecule has 0 aliphatic heterocycles. The van der Waals surface area contributed by atoms with Crippen LogP contribution in [0.4, 0.5) is 0 Å². The molecule has 1 aromatic rings. The zero-order valence-electron chi connectivity index (χ0n) is 10.8. The minimum absolute atomic E-state index is 0. The lowest BCUT2D eigenvalue weighted by Gasteiger charge is -2.28. The van der Waals surface area contributed by atoms with E-state index in [4.69, 9.17) is 5.73 Å². The minimum Gasteiger partial charge on any atom is -0.324 e. The first kappa shape index (κ1) is 16.9. The quantitative estimate of drug-likeness (QED) is 0.836. The summed E-state index contributed by atoms with van der Waals surface area (Å²) in [6.07, 6.45) is 6.40. The molecule has 0 aromatic carbocycles. The van der Waals surface area contributed by atoms with Crippen molar-refractivity contribution in [2.45, 2.75) is 48.3 Å². The number of halogens is 1. The molecule has 0 atom stereocenters. The molecule has 1 heterocycles. The van der Waals surface area contributed by atoms with E-state index in [-0.39, 0.29) is 17.9 Å². The standard InChI is InChI=1S/C12H20N2O2S2.ClH/c13-12(7-3-1-2-4-8-12)10-14-18(15,16)11-6-5-9-17-11;/h5-6,9,14H,1-4,7-8,10,13H2;1H. The molecule has 0 spiro atoms. The highest BCUT2D eigenvalue weighted by Gasteiger charge is 2.28. The highest BCUT2D eigenvalue weighted by atomic mass is 35.5. The smallest absolute Gasteiger partial charge is 0.250 e. The Balaban J connectivity index is 0.00000180. The zero-order valence-corrected chi connectivity index (χ0v) is 13.2. The second-order valence-corrected chi connectivity index (χ2v) is 7.97. The Morgan fingerprint density at radius 1 is 1.26 bits per heavy atom. The van der Waals surface area contributed by atoms with Crippen LogP contribution in [-0.2, 0) is 10.0 Å². The average molecular weight is 325 g/mol. The van der Waals surface area contributed by atoms with Gasteiger partial charge in [0.15, 0.2) is 0 Å². The van der Waals surface area contributed by atoms with Crippen molar-refractivity contribution in [3.63, 3.8) is 0 Å². The first-order valence-electron chi connectivity index (χ1n) is 6.34. The number of hydrogen-bond acceptors (Lipinski definition) is 4. The third kappa shape index (κ3) is 4.72. The van der Waals surface area contributed by atoms with Gasteiger partial charge < -0.3 is 5.73 Å². The van der Waals surface area contributed by atoms with Crippen molar-refractivity contribution in [1.82, 2.24) is 4.72 Å². The SMILES string of the molecule is Cl.NC1(CNS(=O)(=O)c2cccs2)CCCCCC1. The van der Waals surface area contributed by atoms with Crippen molar-refractivity contribution in [3.05, 3.63) is 17.5 Å². The van der Waals surface area contributed by atoms with E-state index >= 15 is 0 Å². The molecule has 1 aliphatic rings. The van der Waals surface area contributed by atoms with Crippen molar-refractivity contribution < 1.29 is 8.42 Å². The van der Waals surface area contributed by atoms with Crippen LogP contribution in [0.15, 0.2) is 21.7 Å². The Morgan fingerprint density at radius 2 is 1.89 bits per heavy atom. The van der Waals surface area contributed by atoms with Crippen LogP contribution in [-0.4, -0.2) is 20.5 Å². The summed E-state index contributed by atoms with van der Waals surface area (Å²) >= 11 is 1.23. The van der Waals surface area contributed by atoms with Gasteiger partial charge in [0.2, 0.25) is 10.0 Å². The molecule has 110 valence electrons. The number of rotatable bonds is 4. The monoisotopic (exact) mass is 324 g/mol. The molecule has 1 aromatic heterocycles. The lowest BCUT2D eigenvalue weighted by molar-refractivity contribution is 0.369. The molecule has 0 amide bonds. The van der Waals surface area contributed by atoms with E-state index in [0.717, 1.165) is 25.7 Å². The van der Waals surface area contributed by atoms with Crippen molar-refractivity contribution in [2.75, 3.05) is 6.54 Å². The van der Waals surface area contributed by atoms with Crippen LogP contribution in [0.3, 0.4) is 0 Å². The van der Waals surface area contributed by atoms with Crippen LogP contribution in [0.25, 0.3) is 0 Å². The Bertz CT molecular complexity index is 466. The second-order valence-electron chi connectivity index (χ2n) is 5.03. The fourth-order valence-corrected chi connectivity index (χ4v) is 4.51. The summed E-state index contributed by atoms with van der Waals surface area (Å²) in [5, 5.41) is 1.76. The van der Waals surface area contributed by atoms with Gasteiger partial charge in [-0.1, -0.05) is 31.7 Å². The van der Waals surface area contributed by atoms with Crippen LogP contribution in [0.1, 0.15) is 38.5 Å². The van der Waals surface area contributed by atoms with Gasteiger partial charge in [0.05, 0.1) is 0 Å². The van der Waals surface area contributed by atoms with Crippen LogP contribution >= 0.6 is 23.7 Å². The van der Waals surface area contributed by atoms with Gasteiger partial charge >= 0.3 is 0 Å². The maximum Gasteiger partial charge on any atom is 0.250 e. The van der Waals surface area contributed by atoms with Gasteiger partial charge in [-0.15, -0.1) is 23.7 Å². The maximum atomic E-state index is 12.0. The van der Waals surface area contributed by atoms with Gasteiger partial charge in [0.1, 0.15) is 4.21 Å². The summed E-state index contributed by atoms with van der Waals surface area (Å²) < 4.78 is 27.0. The van der Waals surface area contributed by atoms with Gasteiger partial charge in [0.25, 0.3) is 0 Å². The summed E-state index contributed by atoms with van der Waals surface area (Å²) in [6.45, 7) is 0.341. The molecule has 1 aliphatic carbocycles. The van der Waals surface area contributed by atoms with Crippen LogP contribution in [0, 0.1) is 0 Å². The molecule has 3 N–H and O–H groups in total. The van der Waals surface area contributed by atoms with Crippen molar-refractivity contribution >= 4 is 33.8 Å². The molecule has 1 fully saturated rings. The first-order valence-corrected chi connectivity index (χ1v) is 8.70. The molecule has 19 heavy (non-hydrogen) atoms. The first-order chi connectivity index (χ1) is 8.52. The zero-order chi connectivity index (χ0) is 13.1. The van der Waals surface area contributed by atoms with Crippen molar-refractivity contribution in [3.8, 4) is 0 Å². The Hall–Kier alpha value is -0.140. The van der Waals surface area contributed by atoms with Gasteiger partial charge in [-0.25, -0.2) is 13.1 Å². The molecule has 2 rings (SSSR count). The molecule has 0 radical (unpaired) electrons. The lowest BCUT2D eigenvalue weighted by atomic mass is 9.92. The number of nitrogens with two attached hydrogens (primary N) is 1. The van der Waals surface area contributed by atoms with E-state index in [2.05, 4.69) is 4.72 Å². The van der Waals surface area contributed by atoms with Gasteiger partial charge in [0, 0.05) is 12.1 Å². The van der Waals surface area contributed by atoms with E-state index in [1.54, 1.807) is 17.5 Å². The fraction of sp³-hybridized carbons (Fsp3) is 0.667. The lowest BCUT2D eigenvalue weighted by Crippen LogP contribution is -2.49. The van der Waals surface area contributed by atoms with Crippen molar-refractivity contribution in [2.24, 2.45) is 5.73 Å². The summed E-state index contributed by atoms with van der Waals surface area (Å²) in [5.41, 5.74) is 5.92. The van der Waals surface area contributed by atoms with E-state index in [1.165, 1.54) is 24.2 Å². The van der Waals surface area contributed by atoms with E-state index in [9.17, 15) is 8.42 Å². The molecule has 0 bridgehead atoms. The normalized spacial score (nSPS) is 19.4. The van der Waals surface area contributed by atoms with E-state index < -0.39 is 10.0 Å². The molecule has 0 saturated heterocycles.